The van der Waals surface area contributed by atoms with E-state index >= 15 is 0 Å². The van der Waals surface area contributed by atoms with Crippen LogP contribution in [0, 0.1) is 0 Å². The van der Waals surface area contributed by atoms with Crippen LogP contribution in [0.25, 0.3) is 0 Å². The van der Waals surface area contributed by atoms with Gasteiger partial charge in [0.1, 0.15) is 0 Å². The number of thioether (sulfide) groups is 1. The van der Waals surface area contributed by atoms with Gasteiger partial charge >= 0.3 is 0 Å². The lowest BCUT2D eigenvalue weighted by molar-refractivity contribution is -0.119. The summed E-state index contributed by atoms with van der Waals surface area (Å²) in [5.74, 6) is 0.888. The van der Waals surface area contributed by atoms with Crippen molar-refractivity contribution in [1.82, 2.24) is 0 Å². The minimum Gasteiger partial charge on any atom is -0.345 e. The van der Waals surface area contributed by atoms with E-state index in [1.807, 2.05) is 25.1 Å². The minimum absolute atomic E-state index is 0.546. The molecule has 14 heavy (non-hydrogen) atoms. The molecule has 0 bridgehead atoms. The average molecular weight is 212 g/mol. The van der Waals surface area contributed by atoms with Gasteiger partial charge in [0.15, 0.2) is 0 Å². The summed E-state index contributed by atoms with van der Waals surface area (Å²) in [6.07, 6.45) is 0. The molecule has 1 rings (SSSR count). The molecule has 0 unspecified atom stereocenters. The highest BCUT2D eigenvalue weighted by Crippen LogP contribution is 2.29. The molecule has 2 nitrogen and oxygen atoms in total. The summed E-state index contributed by atoms with van der Waals surface area (Å²) < 4.78 is 10.5. The Morgan fingerprint density at radius 1 is 1.14 bits per heavy atom. The summed E-state index contributed by atoms with van der Waals surface area (Å²) >= 11 is 1.63. The van der Waals surface area contributed by atoms with Crippen LogP contribution in [0.4, 0.5) is 0 Å². The average Bonchev–Trinajstić information content (AvgIpc) is 2.27. The van der Waals surface area contributed by atoms with Gasteiger partial charge < -0.3 is 9.47 Å². The molecule has 0 aliphatic carbocycles. The predicted molar refractivity (Wildman–Crippen MR) is 60.2 cm³/mol. The number of hydrogen-bond acceptors (Lipinski definition) is 3. The topological polar surface area (TPSA) is 18.5 Å². The van der Waals surface area contributed by atoms with Crippen LogP contribution in [0.15, 0.2) is 30.3 Å². The third-order valence-corrected chi connectivity index (χ3v) is 3.42. The molecule has 0 fully saturated rings. The Kier molecular flexibility index (Phi) is 4.45. The van der Waals surface area contributed by atoms with Crippen molar-refractivity contribution < 1.29 is 9.47 Å². The van der Waals surface area contributed by atoms with E-state index in [0.717, 1.165) is 5.75 Å². The molecule has 0 aromatic heterocycles. The molecule has 1 aromatic rings. The molecule has 0 aliphatic rings. The molecule has 0 N–H and O–H groups in total. The molecule has 0 amide bonds. The highest BCUT2D eigenvalue weighted by atomic mass is 32.2. The Morgan fingerprint density at radius 3 is 2.21 bits per heavy atom. The summed E-state index contributed by atoms with van der Waals surface area (Å²) in [6.45, 7) is 1.92. The number of benzene rings is 1. The van der Waals surface area contributed by atoms with E-state index in [1.165, 1.54) is 5.56 Å². The van der Waals surface area contributed by atoms with Crippen LogP contribution >= 0.6 is 11.8 Å². The summed E-state index contributed by atoms with van der Waals surface area (Å²) in [5.41, 5.74) is 1.28. The normalized spacial score (nSPS) is 11.6. The smallest absolute Gasteiger partial charge is 0.214 e. The van der Waals surface area contributed by atoms with Gasteiger partial charge in [-0.25, -0.2) is 0 Å². The molecule has 0 atom stereocenters. The third-order valence-electron chi connectivity index (χ3n) is 2.09. The van der Waals surface area contributed by atoms with Gasteiger partial charge in [-0.3, -0.25) is 0 Å². The van der Waals surface area contributed by atoms with E-state index in [1.54, 1.807) is 26.0 Å². The Balaban J connectivity index is 2.48. The van der Waals surface area contributed by atoms with E-state index in [2.05, 4.69) is 12.1 Å². The first-order valence-electron chi connectivity index (χ1n) is 4.48. The number of hydrogen-bond donors (Lipinski definition) is 0. The van der Waals surface area contributed by atoms with E-state index in [-0.39, 0.29) is 0 Å². The fourth-order valence-electron chi connectivity index (χ4n) is 0.990. The molecule has 0 aliphatic heterocycles. The lowest BCUT2D eigenvalue weighted by Gasteiger charge is -2.25. The first kappa shape index (κ1) is 11.6. The number of ether oxygens (including phenoxy) is 2. The standard InChI is InChI=1S/C11H16O2S/c1-11(12-2,13-3)14-9-10-7-5-4-6-8-10/h4-8H,9H2,1-3H3. The van der Waals surface area contributed by atoms with Gasteiger partial charge in [0.25, 0.3) is 0 Å². The minimum atomic E-state index is -0.546. The lowest BCUT2D eigenvalue weighted by atomic mass is 10.2. The number of rotatable bonds is 5. The third kappa shape index (κ3) is 3.33. The maximum Gasteiger partial charge on any atom is 0.214 e. The van der Waals surface area contributed by atoms with Crippen molar-refractivity contribution in [1.29, 1.82) is 0 Å². The van der Waals surface area contributed by atoms with Crippen LogP contribution in [0.2, 0.25) is 0 Å². The van der Waals surface area contributed by atoms with E-state index < -0.39 is 5.12 Å². The maximum atomic E-state index is 5.25. The SMILES string of the molecule is COC(C)(OC)SCc1ccccc1. The molecule has 0 saturated heterocycles. The van der Waals surface area contributed by atoms with E-state index in [0.29, 0.717) is 0 Å². The van der Waals surface area contributed by atoms with Crippen LogP contribution in [0.5, 0.6) is 0 Å². The van der Waals surface area contributed by atoms with Crippen LogP contribution in [-0.2, 0) is 15.2 Å². The molecule has 0 saturated carbocycles. The zero-order valence-electron chi connectivity index (χ0n) is 8.82. The second kappa shape index (κ2) is 5.39. The van der Waals surface area contributed by atoms with Crippen LogP contribution < -0.4 is 0 Å². The molecule has 3 heteroatoms. The highest BCUT2D eigenvalue weighted by molar-refractivity contribution is 7.99. The van der Waals surface area contributed by atoms with Crippen molar-refractivity contribution in [2.24, 2.45) is 0 Å². The van der Waals surface area contributed by atoms with Crippen molar-refractivity contribution in [2.45, 2.75) is 17.8 Å². The quantitative estimate of drug-likeness (QED) is 0.699. The Bertz CT molecular complexity index is 257. The van der Waals surface area contributed by atoms with Gasteiger partial charge in [-0.2, -0.15) is 0 Å². The largest absolute Gasteiger partial charge is 0.345 e. The van der Waals surface area contributed by atoms with Crippen molar-refractivity contribution in [3.8, 4) is 0 Å². The van der Waals surface area contributed by atoms with Gasteiger partial charge in [0.2, 0.25) is 5.12 Å². The summed E-state index contributed by atoms with van der Waals surface area (Å²) in [6, 6.07) is 10.3. The molecule has 0 radical (unpaired) electrons. The fraction of sp³-hybridized carbons (Fsp3) is 0.455. The molecular formula is C11H16O2S. The zero-order valence-corrected chi connectivity index (χ0v) is 9.64. The fourth-order valence-corrected chi connectivity index (χ4v) is 1.85. The molecule has 78 valence electrons. The van der Waals surface area contributed by atoms with Gasteiger partial charge in [-0.05, 0) is 5.56 Å². The van der Waals surface area contributed by atoms with E-state index in [4.69, 9.17) is 9.47 Å². The summed E-state index contributed by atoms with van der Waals surface area (Å²) in [4.78, 5) is 0. The second-order valence-electron chi connectivity index (χ2n) is 3.04. The molecule has 1 aromatic carbocycles. The van der Waals surface area contributed by atoms with Gasteiger partial charge in [0.05, 0.1) is 0 Å². The summed E-state index contributed by atoms with van der Waals surface area (Å²) in [5, 5.41) is -0.546. The highest BCUT2D eigenvalue weighted by Gasteiger charge is 2.22. The zero-order chi connectivity index (χ0) is 10.4. The van der Waals surface area contributed by atoms with Crippen molar-refractivity contribution in [3.63, 3.8) is 0 Å². The van der Waals surface area contributed by atoms with Crippen molar-refractivity contribution >= 4 is 11.8 Å². The first-order chi connectivity index (χ1) is 6.70. The van der Waals surface area contributed by atoms with E-state index in [9.17, 15) is 0 Å². The van der Waals surface area contributed by atoms with Crippen LogP contribution in [0.3, 0.4) is 0 Å². The Morgan fingerprint density at radius 2 is 1.71 bits per heavy atom. The Hall–Kier alpha value is -0.510. The molecule has 0 heterocycles. The van der Waals surface area contributed by atoms with Crippen molar-refractivity contribution in [2.75, 3.05) is 14.2 Å². The molecule has 0 spiro atoms. The molecular weight excluding hydrogens is 196 g/mol. The van der Waals surface area contributed by atoms with Gasteiger partial charge in [-0.1, -0.05) is 42.1 Å². The Labute approximate surface area is 89.6 Å². The summed E-state index contributed by atoms with van der Waals surface area (Å²) in [7, 11) is 3.31. The van der Waals surface area contributed by atoms with Crippen molar-refractivity contribution in [3.05, 3.63) is 35.9 Å². The lowest BCUT2D eigenvalue weighted by Crippen LogP contribution is -2.25. The number of methoxy groups -OCH3 is 2. The van der Waals surface area contributed by atoms with Gasteiger partial charge in [-0.15, -0.1) is 0 Å². The van der Waals surface area contributed by atoms with Gasteiger partial charge in [0, 0.05) is 26.9 Å². The monoisotopic (exact) mass is 212 g/mol. The maximum absolute atomic E-state index is 5.25. The van der Waals surface area contributed by atoms with Crippen LogP contribution in [-0.4, -0.2) is 19.3 Å². The predicted octanol–water partition coefficient (Wildman–Crippen LogP) is 2.89. The second-order valence-corrected chi connectivity index (χ2v) is 4.36. The first-order valence-corrected chi connectivity index (χ1v) is 5.47. The van der Waals surface area contributed by atoms with Crippen LogP contribution in [0.1, 0.15) is 12.5 Å².